The molecule has 0 fully saturated rings. The van der Waals surface area contributed by atoms with Crippen LogP contribution >= 0.6 is 23.2 Å². The zero-order chi connectivity index (χ0) is 17.1. The number of hydrogen-bond acceptors (Lipinski definition) is 4. The van der Waals surface area contributed by atoms with Crippen molar-refractivity contribution in [2.24, 2.45) is 5.16 Å². The average molecular weight is 362 g/mol. The molecule has 0 spiro atoms. The summed E-state index contributed by atoms with van der Waals surface area (Å²) in [6.07, 6.45) is 1.72. The highest BCUT2D eigenvalue weighted by Gasteiger charge is 2.21. The van der Waals surface area contributed by atoms with Crippen LogP contribution < -0.4 is 4.74 Å². The average Bonchev–Trinajstić information content (AvgIpc) is 2.86. The third-order valence-electron chi connectivity index (χ3n) is 3.45. The van der Waals surface area contributed by atoms with Gasteiger partial charge in [0.1, 0.15) is 12.4 Å². The molecule has 2 aromatic rings. The first-order chi connectivity index (χ1) is 11.5. The van der Waals surface area contributed by atoms with E-state index in [0.29, 0.717) is 33.7 Å². The van der Waals surface area contributed by atoms with Crippen molar-refractivity contribution in [1.82, 2.24) is 0 Å². The van der Waals surface area contributed by atoms with E-state index in [0.717, 1.165) is 11.1 Å². The van der Waals surface area contributed by atoms with Crippen LogP contribution in [0.25, 0.3) is 6.08 Å². The first-order valence-corrected chi connectivity index (χ1v) is 7.93. The second-order valence-corrected chi connectivity index (χ2v) is 6.05. The maximum absolute atomic E-state index is 11.6. The van der Waals surface area contributed by atoms with Gasteiger partial charge in [-0.25, -0.2) is 4.79 Å². The number of oxime groups is 1. The van der Waals surface area contributed by atoms with Crippen molar-refractivity contribution in [2.75, 3.05) is 0 Å². The molecule has 24 heavy (non-hydrogen) atoms. The molecule has 0 unspecified atom stereocenters. The number of hydrogen-bond donors (Lipinski definition) is 0. The summed E-state index contributed by atoms with van der Waals surface area (Å²) in [7, 11) is 0. The Hall–Kier alpha value is -2.30. The zero-order valence-corrected chi connectivity index (χ0v) is 14.3. The first-order valence-electron chi connectivity index (χ1n) is 7.18. The SMILES string of the molecule is CC1=NOC(=O)/C1=C\c1cccc(OCc2ccc(Cl)cc2Cl)c1. The Kier molecular flexibility index (Phi) is 4.88. The highest BCUT2D eigenvalue weighted by Crippen LogP contribution is 2.24. The minimum Gasteiger partial charge on any atom is -0.489 e. The fourth-order valence-electron chi connectivity index (χ4n) is 2.18. The van der Waals surface area contributed by atoms with E-state index < -0.39 is 5.97 Å². The van der Waals surface area contributed by atoms with Crippen LogP contribution in [0.5, 0.6) is 5.75 Å². The molecule has 1 aliphatic heterocycles. The standard InChI is InChI=1S/C18H13Cl2NO3/c1-11-16(18(22)24-21-11)8-12-3-2-4-15(7-12)23-10-13-5-6-14(19)9-17(13)20/h2-9H,10H2,1H3/b16-8-. The number of ether oxygens (including phenoxy) is 1. The Morgan fingerprint density at radius 2 is 2.04 bits per heavy atom. The lowest BCUT2D eigenvalue weighted by Gasteiger charge is -2.09. The molecule has 0 radical (unpaired) electrons. The predicted octanol–water partition coefficient (Wildman–Crippen LogP) is 4.89. The smallest absolute Gasteiger partial charge is 0.367 e. The van der Waals surface area contributed by atoms with Crippen molar-refractivity contribution in [1.29, 1.82) is 0 Å². The summed E-state index contributed by atoms with van der Waals surface area (Å²) >= 11 is 12.0. The normalized spacial score (nSPS) is 15.4. The lowest BCUT2D eigenvalue weighted by molar-refractivity contribution is -0.136. The minimum atomic E-state index is -0.452. The second kappa shape index (κ2) is 7.07. The predicted molar refractivity (Wildman–Crippen MR) is 94.4 cm³/mol. The molecule has 0 bridgehead atoms. The van der Waals surface area contributed by atoms with Gasteiger partial charge in [-0.3, -0.25) is 0 Å². The molecule has 0 aliphatic carbocycles. The monoisotopic (exact) mass is 361 g/mol. The van der Waals surface area contributed by atoms with Gasteiger partial charge in [0.2, 0.25) is 0 Å². The summed E-state index contributed by atoms with van der Waals surface area (Å²) in [6.45, 7) is 2.04. The summed E-state index contributed by atoms with van der Waals surface area (Å²) in [5, 5.41) is 4.79. The number of halogens is 2. The number of carbonyl (C=O) groups is 1. The van der Waals surface area contributed by atoms with Crippen molar-refractivity contribution < 1.29 is 14.4 Å². The van der Waals surface area contributed by atoms with Crippen molar-refractivity contribution in [3.05, 3.63) is 69.2 Å². The van der Waals surface area contributed by atoms with Crippen molar-refractivity contribution >= 4 is 41.0 Å². The van der Waals surface area contributed by atoms with Crippen molar-refractivity contribution in [2.45, 2.75) is 13.5 Å². The van der Waals surface area contributed by atoms with Gasteiger partial charge < -0.3 is 9.57 Å². The van der Waals surface area contributed by atoms with Gasteiger partial charge in [-0.1, -0.05) is 46.6 Å². The third-order valence-corrected chi connectivity index (χ3v) is 4.04. The molecule has 3 rings (SSSR count). The van der Waals surface area contributed by atoms with Gasteiger partial charge in [0.05, 0.1) is 11.3 Å². The van der Waals surface area contributed by atoms with Crippen LogP contribution in [0.1, 0.15) is 18.1 Å². The van der Waals surface area contributed by atoms with Crippen LogP contribution in [0.2, 0.25) is 10.0 Å². The molecule has 6 heteroatoms. The number of benzene rings is 2. The largest absolute Gasteiger partial charge is 0.489 e. The van der Waals surface area contributed by atoms with Crippen LogP contribution in [0.4, 0.5) is 0 Å². The van der Waals surface area contributed by atoms with Crippen LogP contribution in [0.3, 0.4) is 0 Å². The van der Waals surface area contributed by atoms with E-state index in [2.05, 4.69) is 9.99 Å². The molecular formula is C18H13Cl2NO3. The van der Waals surface area contributed by atoms with E-state index in [1.165, 1.54) is 0 Å². The summed E-state index contributed by atoms with van der Waals surface area (Å²) in [6, 6.07) is 12.6. The van der Waals surface area contributed by atoms with E-state index in [9.17, 15) is 4.79 Å². The van der Waals surface area contributed by atoms with E-state index in [1.54, 1.807) is 25.1 Å². The van der Waals surface area contributed by atoms with Gasteiger partial charge in [0, 0.05) is 15.6 Å². The Bertz CT molecular complexity index is 859. The van der Waals surface area contributed by atoms with Crippen LogP contribution in [0.15, 0.2) is 53.2 Å². The van der Waals surface area contributed by atoms with Gasteiger partial charge in [0.25, 0.3) is 0 Å². The maximum Gasteiger partial charge on any atom is 0.367 e. The topological polar surface area (TPSA) is 47.9 Å². The molecule has 0 saturated heterocycles. The highest BCUT2D eigenvalue weighted by molar-refractivity contribution is 6.35. The van der Waals surface area contributed by atoms with Crippen molar-refractivity contribution in [3.8, 4) is 5.75 Å². The number of carbonyl (C=O) groups excluding carboxylic acids is 1. The van der Waals surface area contributed by atoms with Gasteiger partial charge in [-0.15, -0.1) is 0 Å². The van der Waals surface area contributed by atoms with Crippen LogP contribution in [0, 0.1) is 0 Å². The number of nitrogens with zero attached hydrogens (tertiary/aromatic N) is 1. The van der Waals surface area contributed by atoms with Gasteiger partial charge in [0.15, 0.2) is 0 Å². The van der Waals surface area contributed by atoms with Gasteiger partial charge in [-0.2, -0.15) is 0 Å². The quantitative estimate of drug-likeness (QED) is 0.575. The Morgan fingerprint density at radius 1 is 1.21 bits per heavy atom. The molecule has 4 nitrogen and oxygen atoms in total. The summed E-state index contributed by atoms with van der Waals surface area (Å²) in [5.74, 6) is 0.211. The van der Waals surface area contributed by atoms with E-state index in [4.69, 9.17) is 27.9 Å². The van der Waals surface area contributed by atoms with Crippen LogP contribution in [-0.4, -0.2) is 11.7 Å². The Morgan fingerprint density at radius 3 is 2.75 bits per heavy atom. The zero-order valence-electron chi connectivity index (χ0n) is 12.8. The molecule has 0 saturated carbocycles. The minimum absolute atomic E-state index is 0.318. The fourth-order valence-corrected chi connectivity index (χ4v) is 2.64. The van der Waals surface area contributed by atoms with E-state index in [-0.39, 0.29) is 0 Å². The van der Waals surface area contributed by atoms with E-state index in [1.807, 2.05) is 30.3 Å². The van der Waals surface area contributed by atoms with Gasteiger partial charge >= 0.3 is 5.97 Å². The maximum atomic E-state index is 11.6. The van der Waals surface area contributed by atoms with Crippen molar-refractivity contribution in [3.63, 3.8) is 0 Å². The lowest BCUT2D eigenvalue weighted by Crippen LogP contribution is -2.01. The summed E-state index contributed by atoms with van der Waals surface area (Å²) in [5.41, 5.74) is 2.65. The molecule has 122 valence electrons. The second-order valence-electron chi connectivity index (χ2n) is 5.21. The molecule has 0 atom stereocenters. The molecule has 0 amide bonds. The first kappa shape index (κ1) is 16.6. The molecule has 0 N–H and O–H groups in total. The van der Waals surface area contributed by atoms with E-state index >= 15 is 0 Å². The fraction of sp³-hybridized carbons (Fsp3) is 0.111. The molecule has 1 heterocycles. The molecule has 0 aromatic heterocycles. The highest BCUT2D eigenvalue weighted by atomic mass is 35.5. The summed E-state index contributed by atoms with van der Waals surface area (Å²) < 4.78 is 5.77. The lowest BCUT2D eigenvalue weighted by atomic mass is 10.1. The molecular weight excluding hydrogens is 349 g/mol. The summed E-state index contributed by atoms with van der Waals surface area (Å²) in [4.78, 5) is 16.2. The molecule has 1 aliphatic rings. The number of rotatable bonds is 4. The Balaban J connectivity index is 1.75. The van der Waals surface area contributed by atoms with Gasteiger partial charge in [-0.05, 0) is 42.8 Å². The molecule has 2 aromatic carbocycles. The van der Waals surface area contributed by atoms with Crippen LogP contribution in [-0.2, 0) is 16.2 Å². The Labute approximate surface area is 149 Å². The third kappa shape index (κ3) is 3.78.